The van der Waals surface area contributed by atoms with Gasteiger partial charge in [-0.25, -0.2) is 10.2 Å². The Hall–Kier alpha value is -3.49. The molecule has 0 amide bonds. The Balaban J connectivity index is 1.97. The van der Waals surface area contributed by atoms with E-state index in [9.17, 15) is 19.8 Å². The number of anilines is 1. The van der Waals surface area contributed by atoms with E-state index in [2.05, 4.69) is 10.7 Å². The summed E-state index contributed by atoms with van der Waals surface area (Å²) in [6, 6.07) is 10.4. The van der Waals surface area contributed by atoms with E-state index in [0.29, 0.717) is 5.69 Å². The highest BCUT2D eigenvalue weighted by molar-refractivity contribution is 5.64. The molecule has 0 saturated heterocycles. The minimum absolute atomic E-state index is 0.134. The molecule has 0 heterocycles. The average molecular weight is 331 g/mol. The second-order valence-corrected chi connectivity index (χ2v) is 4.76. The number of nitro groups is 1. The van der Waals surface area contributed by atoms with Gasteiger partial charge in [0.2, 0.25) is 0 Å². The molecule has 0 aliphatic carbocycles. The number of ether oxygens (including phenoxy) is 2. The lowest BCUT2D eigenvalue weighted by Crippen LogP contribution is -2.11. The molecule has 24 heavy (non-hydrogen) atoms. The molecule has 0 spiro atoms. The summed E-state index contributed by atoms with van der Waals surface area (Å²) in [6.45, 7) is 1.49. The van der Waals surface area contributed by atoms with Gasteiger partial charge in [-0.15, -0.1) is 4.91 Å². The summed E-state index contributed by atoms with van der Waals surface area (Å²) in [5.74, 6) is 0.190. The van der Waals surface area contributed by atoms with Crippen LogP contribution in [0, 0.1) is 21.9 Å². The van der Waals surface area contributed by atoms with Gasteiger partial charge in [-0.1, -0.05) is 11.6 Å². The highest BCUT2D eigenvalue weighted by Crippen LogP contribution is 2.21. The van der Waals surface area contributed by atoms with Crippen LogP contribution < -0.4 is 10.2 Å². The number of hydrogen-bond donors (Lipinski definition) is 1. The Kier molecular flexibility index (Phi) is 5.40. The van der Waals surface area contributed by atoms with Crippen LogP contribution in [0.25, 0.3) is 0 Å². The van der Waals surface area contributed by atoms with E-state index >= 15 is 0 Å². The molecule has 0 unspecified atom stereocenters. The number of rotatable bonds is 6. The lowest BCUT2D eigenvalue weighted by molar-refractivity contribution is -0.385. The molecule has 0 fully saturated rings. The number of aryl methyl sites for hydroxylation is 1. The third-order valence-corrected chi connectivity index (χ3v) is 3.01. The number of nitroso groups, excluding NO2 is 1. The van der Waals surface area contributed by atoms with E-state index in [1.165, 1.54) is 30.3 Å². The SMILES string of the molecule is Cc1ccc([N+](=O)[O-])c(COC(=O)Oc2ccc(NN=O)cc2)c1. The van der Waals surface area contributed by atoms with Crippen molar-refractivity contribution in [2.24, 2.45) is 5.29 Å². The lowest BCUT2D eigenvalue weighted by atomic mass is 10.1. The zero-order chi connectivity index (χ0) is 17.5. The summed E-state index contributed by atoms with van der Waals surface area (Å²) in [6.07, 6.45) is -1.000. The van der Waals surface area contributed by atoms with E-state index < -0.39 is 11.1 Å². The number of carbonyl (C=O) groups excluding carboxylic acids is 1. The minimum atomic E-state index is -1.000. The zero-order valence-corrected chi connectivity index (χ0v) is 12.6. The molecule has 2 aromatic carbocycles. The Bertz CT molecular complexity index is 760. The molecule has 1 N–H and O–H groups in total. The summed E-state index contributed by atoms with van der Waals surface area (Å²) in [5.41, 5.74) is 3.57. The number of carbonyl (C=O) groups is 1. The van der Waals surface area contributed by atoms with Crippen LogP contribution in [0.2, 0.25) is 0 Å². The van der Waals surface area contributed by atoms with Crippen molar-refractivity contribution in [1.29, 1.82) is 0 Å². The average Bonchev–Trinajstić information content (AvgIpc) is 2.55. The fourth-order valence-electron chi connectivity index (χ4n) is 1.92. The summed E-state index contributed by atoms with van der Waals surface area (Å²) < 4.78 is 9.84. The molecule has 0 radical (unpaired) electrons. The molecule has 0 bridgehead atoms. The standard InChI is InChI=1S/C15H13N3O6/c1-10-2-7-14(18(21)22)11(8-10)9-23-15(19)24-13-5-3-12(4-6-13)16-17-20/h2-8H,9H2,1H3,(H,16,20). The van der Waals surface area contributed by atoms with Gasteiger partial charge in [0, 0.05) is 6.07 Å². The van der Waals surface area contributed by atoms with Crippen molar-refractivity contribution < 1.29 is 19.2 Å². The van der Waals surface area contributed by atoms with Crippen LogP contribution in [0.1, 0.15) is 11.1 Å². The van der Waals surface area contributed by atoms with Crippen molar-refractivity contribution in [3.8, 4) is 5.75 Å². The van der Waals surface area contributed by atoms with Crippen molar-refractivity contribution in [2.75, 3.05) is 5.43 Å². The van der Waals surface area contributed by atoms with Crippen molar-refractivity contribution in [3.05, 3.63) is 68.6 Å². The Labute approximate surface area is 136 Å². The molecule has 0 aromatic heterocycles. The quantitative estimate of drug-likeness (QED) is 0.281. The first-order valence-electron chi connectivity index (χ1n) is 6.76. The molecular formula is C15H13N3O6. The summed E-state index contributed by atoms with van der Waals surface area (Å²) in [4.78, 5) is 32.1. The third kappa shape index (κ3) is 4.50. The van der Waals surface area contributed by atoms with E-state index in [1.54, 1.807) is 19.1 Å². The molecular weight excluding hydrogens is 318 g/mol. The molecule has 2 aromatic rings. The molecule has 0 aliphatic heterocycles. The fourth-order valence-corrected chi connectivity index (χ4v) is 1.92. The molecule has 0 atom stereocenters. The first kappa shape index (κ1) is 16.9. The van der Waals surface area contributed by atoms with Gasteiger partial charge in [0.15, 0.2) is 0 Å². The predicted octanol–water partition coefficient (Wildman–Crippen LogP) is 3.71. The maximum Gasteiger partial charge on any atom is 0.514 e. The third-order valence-electron chi connectivity index (χ3n) is 3.01. The van der Waals surface area contributed by atoms with Gasteiger partial charge in [0.25, 0.3) is 5.69 Å². The highest BCUT2D eigenvalue weighted by atomic mass is 16.7. The fraction of sp³-hybridized carbons (Fsp3) is 0.133. The highest BCUT2D eigenvalue weighted by Gasteiger charge is 2.16. The van der Waals surface area contributed by atoms with Crippen molar-refractivity contribution >= 4 is 17.5 Å². The van der Waals surface area contributed by atoms with Gasteiger partial charge < -0.3 is 9.47 Å². The summed E-state index contributed by atoms with van der Waals surface area (Å²) >= 11 is 0. The van der Waals surface area contributed by atoms with E-state index in [4.69, 9.17) is 9.47 Å². The summed E-state index contributed by atoms with van der Waals surface area (Å²) in [5, 5.41) is 13.5. The molecule has 9 nitrogen and oxygen atoms in total. The maximum atomic E-state index is 11.7. The van der Waals surface area contributed by atoms with Crippen molar-refractivity contribution in [1.82, 2.24) is 0 Å². The molecule has 0 saturated carbocycles. The van der Waals surface area contributed by atoms with E-state index in [0.717, 1.165) is 5.56 Å². The van der Waals surface area contributed by atoms with E-state index in [1.807, 2.05) is 0 Å². The molecule has 2 rings (SSSR count). The first-order chi connectivity index (χ1) is 11.5. The van der Waals surface area contributed by atoms with Crippen molar-refractivity contribution in [3.63, 3.8) is 0 Å². The van der Waals surface area contributed by atoms with Gasteiger partial charge in [0.05, 0.1) is 21.5 Å². The largest absolute Gasteiger partial charge is 0.514 e. The second-order valence-electron chi connectivity index (χ2n) is 4.76. The van der Waals surface area contributed by atoms with Crippen LogP contribution in [0.4, 0.5) is 16.2 Å². The van der Waals surface area contributed by atoms with Crippen LogP contribution in [0.3, 0.4) is 0 Å². The van der Waals surface area contributed by atoms with Crippen LogP contribution in [-0.4, -0.2) is 11.1 Å². The van der Waals surface area contributed by atoms with Crippen LogP contribution in [0.5, 0.6) is 5.75 Å². The molecule has 9 heteroatoms. The maximum absolute atomic E-state index is 11.7. The normalized spacial score (nSPS) is 9.88. The van der Waals surface area contributed by atoms with Crippen molar-refractivity contribution in [2.45, 2.75) is 13.5 Å². The van der Waals surface area contributed by atoms with Gasteiger partial charge in [0.1, 0.15) is 12.4 Å². The Morgan fingerprint density at radius 2 is 1.96 bits per heavy atom. The van der Waals surface area contributed by atoms with E-state index in [-0.39, 0.29) is 23.6 Å². The number of hydrogen-bond acceptors (Lipinski definition) is 7. The van der Waals surface area contributed by atoms with Gasteiger partial charge >= 0.3 is 6.16 Å². The van der Waals surface area contributed by atoms with Crippen LogP contribution >= 0.6 is 0 Å². The van der Waals surface area contributed by atoms with Gasteiger partial charge in [-0.05, 0) is 37.3 Å². The van der Waals surface area contributed by atoms with Crippen LogP contribution in [0.15, 0.2) is 47.8 Å². The van der Waals surface area contributed by atoms with Crippen LogP contribution in [-0.2, 0) is 11.3 Å². The molecule has 124 valence electrons. The molecule has 0 aliphatic rings. The van der Waals surface area contributed by atoms with Gasteiger partial charge in [-0.3, -0.25) is 10.1 Å². The topological polar surface area (TPSA) is 120 Å². The lowest BCUT2D eigenvalue weighted by Gasteiger charge is -2.07. The number of nitro benzene ring substituents is 1. The smallest absolute Gasteiger partial charge is 0.429 e. The van der Waals surface area contributed by atoms with Gasteiger partial charge in [-0.2, -0.15) is 0 Å². The summed E-state index contributed by atoms with van der Waals surface area (Å²) in [7, 11) is 0. The number of nitrogens with one attached hydrogen (secondary N) is 1. The number of benzene rings is 2. The monoisotopic (exact) mass is 331 g/mol. The Morgan fingerprint density at radius 3 is 2.58 bits per heavy atom. The first-order valence-corrected chi connectivity index (χ1v) is 6.76. The second kappa shape index (κ2) is 7.68. The predicted molar refractivity (Wildman–Crippen MR) is 84.5 cm³/mol. The zero-order valence-electron chi connectivity index (χ0n) is 12.6. The minimum Gasteiger partial charge on any atom is -0.429 e. The number of nitrogens with zero attached hydrogens (tertiary/aromatic N) is 2. The Morgan fingerprint density at radius 1 is 1.25 bits per heavy atom.